The summed E-state index contributed by atoms with van der Waals surface area (Å²) in [5.74, 6) is 6.42. The van der Waals surface area contributed by atoms with Crippen LogP contribution in [0.15, 0.2) is 48.5 Å². The largest absolute Gasteiger partial charge is 0.271 e. The second-order valence-electron chi connectivity index (χ2n) is 6.10. The summed E-state index contributed by atoms with van der Waals surface area (Å²) in [5.41, 5.74) is 8.81. The number of nitrogens with one attached hydrogen (secondary N) is 1. The van der Waals surface area contributed by atoms with Crippen LogP contribution in [0, 0.1) is 6.92 Å². The molecule has 21 heavy (non-hydrogen) atoms. The van der Waals surface area contributed by atoms with Gasteiger partial charge in [-0.05, 0) is 54.9 Å². The van der Waals surface area contributed by atoms with Gasteiger partial charge in [-0.25, -0.2) is 0 Å². The molecule has 2 unspecified atom stereocenters. The van der Waals surface area contributed by atoms with Gasteiger partial charge in [0.15, 0.2) is 0 Å². The second-order valence-corrected chi connectivity index (χ2v) is 6.10. The molecule has 0 saturated heterocycles. The normalized spacial score (nSPS) is 19.0. The Bertz CT molecular complexity index is 606. The van der Waals surface area contributed by atoms with Gasteiger partial charge in [-0.15, -0.1) is 0 Å². The second kappa shape index (κ2) is 6.42. The predicted molar refractivity (Wildman–Crippen MR) is 88.1 cm³/mol. The molecule has 1 aliphatic carbocycles. The quantitative estimate of drug-likeness (QED) is 0.664. The lowest BCUT2D eigenvalue weighted by atomic mass is 9.77. The van der Waals surface area contributed by atoms with Crippen LogP contribution in [0.2, 0.25) is 0 Å². The average molecular weight is 280 g/mol. The van der Waals surface area contributed by atoms with Crippen LogP contribution in [0.1, 0.15) is 41.0 Å². The third-order valence-electron chi connectivity index (χ3n) is 4.82. The lowest BCUT2D eigenvalue weighted by molar-refractivity contribution is 0.394. The van der Waals surface area contributed by atoms with Crippen molar-refractivity contribution in [3.8, 4) is 0 Å². The Balaban J connectivity index is 1.86. The molecule has 0 amide bonds. The maximum absolute atomic E-state index is 5.91. The highest BCUT2D eigenvalue weighted by atomic mass is 15.2. The van der Waals surface area contributed by atoms with Crippen molar-refractivity contribution in [1.29, 1.82) is 0 Å². The van der Waals surface area contributed by atoms with Crippen molar-refractivity contribution in [3.63, 3.8) is 0 Å². The highest BCUT2D eigenvalue weighted by molar-refractivity contribution is 5.35. The van der Waals surface area contributed by atoms with Gasteiger partial charge in [0.05, 0.1) is 0 Å². The minimum atomic E-state index is 0.299. The summed E-state index contributed by atoms with van der Waals surface area (Å²) in [5, 5.41) is 0. The molecule has 0 saturated carbocycles. The molecule has 0 heterocycles. The van der Waals surface area contributed by atoms with E-state index in [1.807, 2.05) is 0 Å². The van der Waals surface area contributed by atoms with E-state index >= 15 is 0 Å². The molecule has 0 bridgehead atoms. The molecule has 3 rings (SSSR count). The SMILES string of the molecule is Cc1ccccc1CC(NN)C1CCCc2ccccc21. The van der Waals surface area contributed by atoms with Gasteiger partial charge in [0, 0.05) is 12.0 Å². The minimum absolute atomic E-state index is 0.299. The summed E-state index contributed by atoms with van der Waals surface area (Å²) in [6.07, 6.45) is 4.67. The highest BCUT2D eigenvalue weighted by Gasteiger charge is 2.27. The Morgan fingerprint density at radius 1 is 1.14 bits per heavy atom. The molecule has 2 nitrogen and oxygen atoms in total. The Hall–Kier alpha value is -1.64. The van der Waals surface area contributed by atoms with Crippen molar-refractivity contribution in [2.75, 3.05) is 0 Å². The zero-order chi connectivity index (χ0) is 14.7. The molecule has 0 aliphatic heterocycles. The maximum Gasteiger partial charge on any atom is 0.0319 e. The van der Waals surface area contributed by atoms with Crippen LogP contribution in [0.25, 0.3) is 0 Å². The van der Waals surface area contributed by atoms with E-state index < -0.39 is 0 Å². The van der Waals surface area contributed by atoms with E-state index in [0.29, 0.717) is 12.0 Å². The van der Waals surface area contributed by atoms with Gasteiger partial charge in [-0.2, -0.15) is 0 Å². The van der Waals surface area contributed by atoms with Gasteiger partial charge in [0.2, 0.25) is 0 Å². The summed E-state index contributed by atoms with van der Waals surface area (Å²) in [7, 11) is 0. The fourth-order valence-corrected chi connectivity index (χ4v) is 3.60. The number of benzene rings is 2. The van der Waals surface area contributed by atoms with Crippen molar-refractivity contribution in [1.82, 2.24) is 5.43 Å². The third kappa shape index (κ3) is 3.02. The van der Waals surface area contributed by atoms with Crippen LogP contribution in [-0.4, -0.2) is 6.04 Å². The lowest BCUT2D eigenvalue weighted by Crippen LogP contribution is -2.42. The van der Waals surface area contributed by atoms with E-state index in [-0.39, 0.29) is 0 Å². The first kappa shape index (κ1) is 14.3. The first-order valence-electron chi connectivity index (χ1n) is 7.88. The predicted octanol–water partition coefficient (Wildman–Crippen LogP) is 3.49. The van der Waals surface area contributed by atoms with Crippen LogP contribution >= 0.6 is 0 Å². The monoisotopic (exact) mass is 280 g/mol. The zero-order valence-corrected chi connectivity index (χ0v) is 12.7. The van der Waals surface area contributed by atoms with E-state index in [4.69, 9.17) is 5.84 Å². The number of aryl methyl sites for hydroxylation is 2. The molecule has 0 fully saturated rings. The van der Waals surface area contributed by atoms with Gasteiger partial charge in [0.25, 0.3) is 0 Å². The average Bonchev–Trinajstić information content (AvgIpc) is 2.54. The van der Waals surface area contributed by atoms with Crippen molar-refractivity contribution < 1.29 is 0 Å². The van der Waals surface area contributed by atoms with Gasteiger partial charge in [0.1, 0.15) is 0 Å². The Morgan fingerprint density at radius 2 is 1.90 bits per heavy atom. The number of nitrogens with two attached hydrogens (primary N) is 1. The fourth-order valence-electron chi connectivity index (χ4n) is 3.60. The number of hydrogen-bond acceptors (Lipinski definition) is 2. The first-order valence-corrected chi connectivity index (χ1v) is 7.88. The van der Waals surface area contributed by atoms with Gasteiger partial charge >= 0.3 is 0 Å². The van der Waals surface area contributed by atoms with Crippen molar-refractivity contribution >= 4 is 0 Å². The van der Waals surface area contributed by atoms with E-state index in [1.165, 1.54) is 41.5 Å². The van der Waals surface area contributed by atoms with E-state index in [2.05, 4.69) is 60.9 Å². The van der Waals surface area contributed by atoms with Gasteiger partial charge < -0.3 is 0 Å². The molecule has 1 aliphatic rings. The Labute approximate surface area is 127 Å². The molecule has 110 valence electrons. The summed E-state index contributed by atoms with van der Waals surface area (Å²) in [6.45, 7) is 2.18. The molecule has 0 aromatic heterocycles. The van der Waals surface area contributed by atoms with Crippen LogP contribution in [0.5, 0.6) is 0 Å². The Kier molecular flexibility index (Phi) is 4.37. The summed E-state index contributed by atoms with van der Waals surface area (Å²) >= 11 is 0. The van der Waals surface area contributed by atoms with Crippen LogP contribution in [0.4, 0.5) is 0 Å². The number of hydrazine groups is 1. The van der Waals surface area contributed by atoms with E-state index in [0.717, 1.165) is 6.42 Å². The fraction of sp³-hybridized carbons (Fsp3) is 0.368. The molecule has 0 spiro atoms. The molecule has 0 radical (unpaired) electrons. The minimum Gasteiger partial charge on any atom is -0.271 e. The van der Waals surface area contributed by atoms with Crippen molar-refractivity contribution in [2.24, 2.45) is 5.84 Å². The molecule has 2 atom stereocenters. The van der Waals surface area contributed by atoms with Gasteiger partial charge in [-0.1, -0.05) is 48.5 Å². The maximum atomic E-state index is 5.91. The summed E-state index contributed by atoms with van der Waals surface area (Å²) in [4.78, 5) is 0. The van der Waals surface area contributed by atoms with Crippen LogP contribution in [-0.2, 0) is 12.8 Å². The van der Waals surface area contributed by atoms with Gasteiger partial charge in [-0.3, -0.25) is 11.3 Å². The zero-order valence-electron chi connectivity index (χ0n) is 12.7. The van der Waals surface area contributed by atoms with E-state index in [9.17, 15) is 0 Å². The molecule has 3 N–H and O–H groups in total. The molecule has 2 heteroatoms. The number of fused-ring (bicyclic) bond motifs is 1. The molecule has 2 aromatic carbocycles. The summed E-state index contributed by atoms with van der Waals surface area (Å²) < 4.78 is 0. The third-order valence-corrected chi connectivity index (χ3v) is 4.82. The molecule has 2 aromatic rings. The molecular formula is C19H24N2. The smallest absolute Gasteiger partial charge is 0.0319 e. The van der Waals surface area contributed by atoms with Crippen LogP contribution < -0.4 is 11.3 Å². The number of rotatable bonds is 4. The lowest BCUT2D eigenvalue weighted by Gasteiger charge is -2.32. The Morgan fingerprint density at radius 3 is 2.71 bits per heavy atom. The molecular weight excluding hydrogens is 256 g/mol. The summed E-state index contributed by atoms with van der Waals surface area (Å²) in [6, 6.07) is 17.7. The highest BCUT2D eigenvalue weighted by Crippen LogP contribution is 2.35. The van der Waals surface area contributed by atoms with Crippen molar-refractivity contribution in [2.45, 2.75) is 44.6 Å². The number of hydrogen-bond donors (Lipinski definition) is 2. The first-order chi connectivity index (χ1) is 10.3. The topological polar surface area (TPSA) is 38.0 Å². The standard InChI is InChI=1S/C19H24N2/c1-14-7-2-3-9-16(14)13-19(21-20)18-12-6-10-15-8-4-5-11-17(15)18/h2-5,7-9,11,18-19,21H,6,10,12-13,20H2,1H3. The van der Waals surface area contributed by atoms with Crippen molar-refractivity contribution in [3.05, 3.63) is 70.8 Å². The van der Waals surface area contributed by atoms with Crippen LogP contribution in [0.3, 0.4) is 0 Å². The van der Waals surface area contributed by atoms with E-state index in [1.54, 1.807) is 0 Å².